The summed E-state index contributed by atoms with van der Waals surface area (Å²) in [4.78, 5) is 27.4. The fraction of sp³-hybridized carbons (Fsp3) is 0.214. The highest BCUT2D eigenvalue weighted by molar-refractivity contribution is 6.34. The van der Waals surface area contributed by atoms with E-state index in [1.54, 1.807) is 18.2 Å². The van der Waals surface area contributed by atoms with Crippen molar-refractivity contribution in [1.29, 1.82) is 0 Å². The number of nitrogens with one attached hydrogen (secondary N) is 1. The molecule has 1 amide bonds. The maximum absolute atomic E-state index is 12.1. The molecule has 0 aliphatic heterocycles. The molecular weight excluding hydrogens is 296 g/mol. The molecule has 6 nitrogen and oxygen atoms in total. The van der Waals surface area contributed by atoms with Crippen molar-refractivity contribution in [3.05, 3.63) is 41.2 Å². The zero-order valence-electron chi connectivity index (χ0n) is 11.2. The van der Waals surface area contributed by atoms with Crippen molar-refractivity contribution >= 4 is 34.2 Å². The number of fused-ring (bicyclic) bond motifs is 1. The number of benzene rings is 1. The van der Waals surface area contributed by atoms with Crippen LogP contribution >= 0.6 is 11.6 Å². The van der Waals surface area contributed by atoms with Gasteiger partial charge in [-0.15, -0.1) is 0 Å². The molecule has 2 aromatic rings. The molecule has 1 unspecified atom stereocenters. The van der Waals surface area contributed by atoms with Crippen LogP contribution in [0.25, 0.3) is 10.8 Å². The Bertz CT molecular complexity index is 690. The Morgan fingerprint density at radius 2 is 2.14 bits per heavy atom. The van der Waals surface area contributed by atoms with Gasteiger partial charge in [-0.25, -0.2) is 9.78 Å². The summed E-state index contributed by atoms with van der Waals surface area (Å²) in [7, 11) is 1.17. The smallest absolute Gasteiger partial charge is 0.330 e. The van der Waals surface area contributed by atoms with Gasteiger partial charge in [-0.3, -0.25) is 4.79 Å². The monoisotopic (exact) mass is 308 g/mol. The first-order valence-corrected chi connectivity index (χ1v) is 6.49. The Labute approximate surface area is 125 Å². The van der Waals surface area contributed by atoms with Gasteiger partial charge < -0.3 is 15.2 Å². The molecule has 0 aliphatic rings. The van der Waals surface area contributed by atoms with Gasteiger partial charge in [0.25, 0.3) is 5.91 Å². The number of halogens is 1. The van der Waals surface area contributed by atoms with E-state index in [1.165, 1.54) is 7.11 Å². The molecule has 0 spiro atoms. The van der Waals surface area contributed by atoms with E-state index in [0.717, 1.165) is 10.8 Å². The first-order chi connectivity index (χ1) is 10.1. The van der Waals surface area contributed by atoms with Crippen molar-refractivity contribution in [2.24, 2.45) is 0 Å². The highest BCUT2D eigenvalue weighted by Gasteiger charge is 2.22. The number of hydrogen-bond donors (Lipinski definition) is 2. The summed E-state index contributed by atoms with van der Waals surface area (Å²) in [5, 5.41) is 13.1. The summed E-state index contributed by atoms with van der Waals surface area (Å²) >= 11 is 6.03. The van der Waals surface area contributed by atoms with E-state index in [4.69, 9.17) is 16.7 Å². The minimum absolute atomic E-state index is 0.0565. The number of aliphatic hydroxyl groups is 1. The highest BCUT2D eigenvalue weighted by Crippen LogP contribution is 2.22. The van der Waals surface area contributed by atoms with Crippen molar-refractivity contribution < 1.29 is 19.4 Å². The number of aliphatic hydroxyl groups excluding tert-OH is 1. The Morgan fingerprint density at radius 1 is 1.43 bits per heavy atom. The topological polar surface area (TPSA) is 88.5 Å². The van der Waals surface area contributed by atoms with E-state index in [0.29, 0.717) is 0 Å². The van der Waals surface area contributed by atoms with Crippen molar-refractivity contribution in [2.45, 2.75) is 6.04 Å². The number of hydrogen-bond acceptors (Lipinski definition) is 5. The third-order valence-corrected chi connectivity index (χ3v) is 3.19. The number of carbonyl (C=O) groups is 2. The van der Waals surface area contributed by atoms with Crippen LogP contribution in [0.5, 0.6) is 0 Å². The lowest BCUT2D eigenvalue weighted by Crippen LogP contribution is -2.44. The number of carbonyl (C=O) groups excluding carboxylic acids is 2. The molecular formula is C14H13ClN2O4. The van der Waals surface area contributed by atoms with Gasteiger partial charge >= 0.3 is 5.97 Å². The maximum atomic E-state index is 12.1. The Morgan fingerprint density at radius 3 is 2.81 bits per heavy atom. The van der Waals surface area contributed by atoms with Crippen LogP contribution in [0.2, 0.25) is 5.15 Å². The van der Waals surface area contributed by atoms with E-state index in [-0.39, 0.29) is 10.8 Å². The molecule has 1 aromatic carbocycles. The first-order valence-electron chi connectivity index (χ1n) is 6.11. The van der Waals surface area contributed by atoms with Crippen LogP contribution in [0.1, 0.15) is 10.5 Å². The fourth-order valence-corrected chi connectivity index (χ4v) is 2.09. The Balaban J connectivity index is 2.29. The van der Waals surface area contributed by atoms with E-state index >= 15 is 0 Å². The summed E-state index contributed by atoms with van der Waals surface area (Å²) in [6.45, 7) is -0.570. The first kappa shape index (κ1) is 15.2. The molecule has 0 bridgehead atoms. The van der Waals surface area contributed by atoms with Gasteiger partial charge in [0.1, 0.15) is 10.8 Å². The molecule has 21 heavy (non-hydrogen) atoms. The molecule has 110 valence electrons. The largest absolute Gasteiger partial charge is 0.467 e. The zero-order chi connectivity index (χ0) is 15.4. The lowest BCUT2D eigenvalue weighted by molar-refractivity contribution is -0.143. The number of amides is 1. The van der Waals surface area contributed by atoms with Crippen LogP contribution < -0.4 is 5.32 Å². The van der Waals surface area contributed by atoms with Crippen LogP contribution in [0, 0.1) is 0 Å². The third-order valence-electron chi connectivity index (χ3n) is 2.90. The lowest BCUT2D eigenvalue weighted by atomic mass is 10.1. The average Bonchev–Trinajstić information content (AvgIpc) is 2.51. The summed E-state index contributed by atoms with van der Waals surface area (Å²) < 4.78 is 4.47. The van der Waals surface area contributed by atoms with Crippen molar-refractivity contribution in [3.8, 4) is 0 Å². The van der Waals surface area contributed by atoms with Crippen molar-refractivity contribution in [1.82, 2.24) is 10.3 Å². The van der Waals surface area contributed by atoms with Gasteiger partial charge in [0, 0.05) is 5.39 Å². The molecule has 2 N–H and O–H groups in total. The molecule has 0 fully saturated rings. The number of esters is 1. The lowest BCUT2D eigenvalue weighted by Gasteiger charge is -2.13. The molecule has 1 atom stereocenters. The number of nitrogens with zero attached hydrogens (tertiary/aromatic N) is 1. The third kappa shape index (κ3) is 3.29. The van der Waals surface area contributed by atoms with Gasteiger partial charge in [-0.05, 0) is 11.5 Å². The maximum Gasteiger partial charge on any atom is 0.330 e. The molecule has 0 aliphatic carbocycles. The summed E-state index contributed by atoms with van der Waals surface area (Å²) in [6, 6.07) is 7.62. The molecule has 2 rings (SSSR count). The number of methoxy groups -OCH3 is 1. The number of pyridine rings is 1. The quantitative estimate of drug-likeness (QED) is 0.653. The minimum atomic E-state index is -1.14. The zero-order valence-corrected chi connectivity index (χ0v) is 11.9. The van der Waals surface area contributed by atoms with Crippen LogP contribution in [-0.2, 0) is 9.53 Å². The second kappa shape index (κ2) is 6.51. The van der Waals surface area contributed by atoms with E-state index in [2.05, 4.69) is 15.0 Å². The number of rotatable bonds is 4. The van der Waals surface area contributed by atoms with E-state index in [1.807, 2.05) is 12.1 Å². The summed E-state index contributed by atoms with van der Waals surface area (Å²) in [6.07, 6.45) is 0. The minimum Gasteiger partial charge on any atom is -0.467 e. The molecule has 0 saturated heterocycles. The van der Waals surface area contributed by atoms with Crippen LogP contribution in [0.15, 0.2) is 30.3 Å². The van der Waals surface area contributed by atoms with Crippen LogP contribution in [-0.4, -0.2) is 41.7 Å². The predicted octanol–water partition coefficient (Wildman–Crippen LogP) is 1.15. The van der Waals surface area contributed by atoms with Gasteiger partial charge in [-0.2, -0.15) is 0 Å². The van der Waals surface area contributed by atoms with Gasteiger partial charge in [0.2, 0.25) is 0 Å². The van der Waals surface area contributed by atoms with Crippen molar-refractivity contribution in [3.63, 3.8) is 0 Å². The average molecular weight is 309 g/mol. The summed E-state index contributed by atoms with van der Waals surface area (Å²) in [5.74, 6) is -1.36. The molecule has 7 heteroatoms. The molecule has 0 radical (unpaired) electrons. The Hall–Kier alpha value is -2.18. The second-order valence-electron chi connectivity index (χ2n) is 4.25. The van der Waals surface area contributed by atoms with Gasteiger partial charge in [0.15, 0.2) is 6.04 Å². The summed E-state index contributed by atoms with van der Waals surface area (Å²) in [5.41, 5.74) is 0.0565. The van der Waals surface area contributed by atoms with E-state index < -0.39 is 24.5 Å². The number of ether oxygens (including phenoxy) is 1. The highest BCUT2D eigenvalue weighted by atomic mass is 35.5. The molecule has 1 aromatic heterocycles. The second-order valence-corrected chi connectivity index (χ2v) is 4.61. The standard InChI is InChI=1S/C14H13ClN2O4/c1-21-14(20)11(7-18)17-13(19)10-6-8-4-2-3-5-9(8)12(15)16-10/h2-6,11,18H,7H2,1H3,(H,17,19). The van der Waals surface area contributed by atoms with Gasteiger partial charge in [0.05, 0.1) is 13.7 Å². The fourth-order valence-electron chi connectivity index (χ4n) is 1.83. The number of aromatic nitrogens is 1. The van der Waals surface area contributed by atoms with Crippen LogP contribution in [0.4, 0.5) is 0 Å². The van der Waals surface area contributed by atoms with E-state index in [9.17, 15) is 9.59 Å². The molecule has 1 heterocycles. The van der Waals surface area contributed by atoms with Crippen molar-refractivity contribution in [2.75, 3.05) is 13.7 Å². The van der Waals surface area contributed by atoms with Crippen LogP contribution in [0.3, 0.4) is 0 Å². The normalized spacial score (nSPS) is 12.0. The Kier molecular flexibility index (Phi) is 4.72. The SMILES string of the molecule is COC(=O)C(CO)NC(=O)c1cc2ccccc2c(Cl)n1. The predicted molar refractivity (Wildman–Crippen MR) is 77.1 cm³/mol. The van der Waals surface area contributed by atoms with Gasteiger partial charge in [-0.1, -0.05) is 35.9 Å². The molecule has 0 saturated carbocycles.